The molecule has 0 amide bonds. The molecule has 0 N–H and O–H groups in total. The molecular weight excluding hydrogens is 204 g/mol. The number of nitrogens with zero attached hydrogens (tertiary/aromatic N) is 2. The van der Waals surface area contributed by atoms with Gasteiger partial charge in [-0.3, -0.25) is 14.8 Å². The molecule has 0 fully saturated rings. The van der Waals surface area contributed by atoms with E-state index in [1.807, 2.05) is 0 Å². The van der Waals surface area contributed by atoms with Gasteiger partial charge in [-0.15, -0.1) is 0 Å². The quantitative estimate of drug-likeness (QED) is 0.730. The molecule has 0 aliphatic heterocycles. The van der Waals surface area contributed by atoms with E-state index < -0.39 is 0 Å². The topological polar surface area (TPSA) is 52.1 Å². The van der Waals surface area contributed by atoms with Crippen molar-refractivity contribution in [3.05, 3.63) is 54.1 Å². The van der Waals surface area contributed by atoms with Crippen LogP contribution in [0.4, 0.5) is 0 Å². The first-order chi connectivity index (χ1) is 7.83. The summed E-state index contributed by atoms with van der Waals surface area (Å²) in [7, 11) is 1.52. The molecule has 0 aromatic carbocycles. The minimum absolute atomic E-state index is 0.189. The number of aromatic nitrogens is 2. The Hall–Kier alpha value is -2.23. The van der Waals surface area contributed by atoms with E-state index >= 15 is 0 Å². The molecule has 2 aromatic heterocycles. The smallest absolute Gasteiger partial charge is 0.216 e. The number of ether oxygens (including phenoxy) is 1. The molecule has 0 unspecified atom stereocenters. The van der Waals surface area contributed by atoms with Crippen LogP contribution in [0.25, 0.3) is 0 Å². The standard InChI is InChI=1S/C12H10N2O2/c1-16-11-5-7-13-8-9(11)12(15)10-4-2-3-6-14-10/h2-8H,1H3. The summed E-state index contributed by atoms with van der Waals surface area (Å²) in [6.45, 7) is 0. The highest BCUT2D eigenvalue weighted by atomic mass is 16.5. The molecule has 16 heavy (non-hydrogen) atoms. The fraction of sp³-hybridized carbons (Fsp3) is 0.0833. The van der Waals surface area contributed by atoms with Crippen molar-refractivity contribution in [2.24, 2.45) is 0 Å². The van der Waals surface area contributed by atoms with E-state index in [9.17, 15) is 4.79 Å². The minimum Gasteiger partial charge on any atom is -0.496 e. The second-order valence-electron chi connectivity index (χ2n) is 3.12. The number of ketones is 1. The lowest BCUT2D eigenvalue weighted by Gasteiger charge is -2.05. The van der Waals surface area contributed by atoms with Gasteiger partial charge >= 0.3 is 0 Å². The summed E-state index contributed by atoms with van der Waals surface area (Å²) < 4.78 is 5.10. The Balaban J connectivity index is 2.42. The first kappa shape index (κ1) is 10.3. The van der Waals surface area contributed by atoms with Gasteiger partial charge in [0.25, 0.3) is 0 Å². The number of hydrogen-bond acceptors (Lipinski definition) is 4. The molecule has 0 saturated carbocycles. The lowest BCUT2D eigenvalue weighted by Crippen LogP contribution is -2.06. The summed E-state index contributed by atoms with van der Waals surface area (Å²) in [4.78, 5) is 20.0. The van der Waals surface area contributed by atoms with Gasteiger partial charge in [0.1, 0.15) is 11.4 Å². The molecule has 2 aromatic rings. The average Bonchev–Trinajstić information content (AvgIpc) is 2.39. The van der Waals surface area contributed by atoms with Crippen LogP contribution in [-0.2, 0) is 0 Å². The molecule has 0 spiro atoms. The van der Waals surface area contributed by atoms with Gasteiger partial charge in [-0.1, -0.05) is 6.07 Å². The number of pyridine rings is 2. The molecule has 2 rings (SSSR count). The highest BCUT2D eigenvalue weighted by molar-refractivity contribution is 6.09. The SMILES string of the molecule is COc1ccncc1C(=O)c1ccccn1. The number of rotatable bonds is 3. The normalized spacial score (nSPS) is 9.81. The molecule has 0 atom stereocenters. The first-order valence-corrected chi connectivity index (χ1v) is 4.76. The lowest BCUT2D eigenvalue weighted by molar-refractivity contribution is 0.103. The zero-order valence-electron chi connectivity index (χ0n) is 8.75. The second-order valence-corrected chi connectivity index (χ2v) is 3.12. The molecule has 2 heterocycles. The number of carbonyl (C=O) groups is 1. The van der Waals surface area contributed by atoms with E-state index in [4.69, 9.17) is 4.74 Å². The van der Waals surface area contributed by atoms with Crippen LogP contribution in [-0.4, -0.2) is 22.9 Å². The van der Waals surface area contributed by atoms with E-state index in [0.717, 1.165) is 0 Å². The van der Waals surface area contributed by atoms with Crippen molar-refractivity contribution in [3.8, 4) is 5.75 Å². The Labute approximate surface area is 92.9 Å². The van der Waals surface area contributed by atoms with Crippen molar-refractivity contribution >= 4 is 5.78 Å². The molecule has 0 aliphatic rings. The van der Waals surface area contributed by atoms with E-state index in [1.165, 1.54) is 13.3 Å². The Bertz CT molecular complexity index is 497. The van der Waals surface area contributed by atoms with Gasteiger partial charge in [0.15, 0.2) is 0 Å². The van der Waals surface area contributed by atoms with Crippen molar-refractivity contribution in [1.82, 2.24) is 9.97 Å². The van der Waals surface area contributed by atoms with Gasteiger partial charge in [0.2, 0.25) is 5.78 Å². The predicted octanol–water partition coefficient (Wildman–Crippen LogP) is 1.72. The summed E-state index contributed by atoms with van der Waals surface area (Å²) in [6, 6.07) is 6.84. The number of methoxy groups -OCH3 is 1. The van der Waals surface area contributed by atoms with Crippen LogP contribution in [0.15, 0.2) is 42.9 Å². The van der Waals surface area contributed by atoms with E-state index in [-0.39, 0.29) is 5.78 Å². The zero-order chi connectivity index (χ0) is 11.4. The molecule has 0 radical (unpaired) electrons. The maximum Gasteiger partial charge on any atom is 0.216 e. The molecule has 0 saturated heterocycles. The summed E-state index contributed by atoms with van der Waals surface area (Å²) in [6.07, 6.45) is 4.64. The third-order valence-corrected chi connectivity index (χ3v) is 2.14. The Morgan fingerprint density at radius 3 is 2.81 bits per heavy atom. The average molecular weight is 214 g/mol. The van der Waals surface area contributed by atoms with Gasteiger partial charge in [-0.25, -0.2) is 0 Å². The predicted molar refractivity (Wildman–Crippen MR) is 58.5 cm³/mol. The van der Waals surface area contributed by atoms with Gasteiger partial charge in [-0.05, 0) is 18.2 Å². The zero-order valence-corrected chi connectivity index (χ0v) is 8.75. The van der Waals surface area contributed by atoms with Crippen LogP contribution in [0, 0.1) is 0 Å². The third kappa shape index (κ3) is 1.91. The summed E-state index contributed by atoms with van der Waals surface area (Å²) in [5, 5.41) is 0. The monoisotopic (exact) mass is 214 g/mol. The summed E-state index contributed by atoms with van der Waals surface area (Å²) in [5.74, 6) is 0.316. The highest BCUT2D eigenvalue weighted by Crippen LogP contribution is 2.18. The molecule has 80 valence electrons. The highest BCUT2D eigenvalue weighted by Gasteiger charge is 2.14. The molecule has 4 heteroatoms. The summed E-state index contributed by atoms with van der Waals surface area (Å²) in [5.41, 5.74) is 0.803. The maximum atomic E-state index is 12.0. The molecule has 0 bridgehead atoms. The fourth-order valence-electron chi connectivity index (χ4n) is 1.37. The van der Waals surface area contributed by atoms with Crippen LogP contribution in [0.2, 0.25) is 0 Å². The second kappa shape index (κ2) is 4.53. The van der Waals surface area contributed by atoms with Gasteiger partial charge in [0.05, 0.1) is 12.7 Å². The van der Waals surface area contributed by atoms with Crippen molar-refractivity contribution in [2.45, 2.75) is 0 Å². The maximum absolute atomic E-state index is 12.0. The van der Waals surface area contributed by atoms with Gasteiger partial charge in [-0.2, -0.15) is 0 Å². The van der Waals surface area contributed by atoms with E-state index in [2.05, 4.69) is 9.97 Å². The minimum atomic E-state index is -0.189. The molecular formula is C12H10N2O2. The van der Waals surface area contributed by atoms with Crippen LogP contribution < -0.4 is 4.74 Å². The van der Waals surface area contributed by atoms with Crippen molar-refractivity contribution in [3.63, 3.8) is 0 Å². The van der Waals surface area contributed by atoms with Gasteiger partial charge < -0.3 is 4.74 Å². The molecule has 0 aliphatic carbocycles. The Morgan fingerprint density at radius 1 is 1.25 bits per heavy atom. The largest absolute Gasteiger partial charge is 0.496 e. The third-order valence-electron chi connectivity index (χ3n) is 2.14. The Morgan fingerprint density at radius 2 is 2.12 bits per heavy atom. The van der Waals surface area contributed by atoms with Crippen molar-refractivity contribution in [1.29, 1.82) is 0 Å². The van der Waals surface area contributed by atoms with Crippen LogP contribution in [0.5, 0.6) is 5.75 Å². The lowest BCUT2D eigenvalue weighted by atomic mass is 10.1. The van der Waals surface area contributed by atoms with E-state index in [1.54, 1.807) is 36.7 Å². The van der Waals surface area contributed by atoms with E-state index in [0.29, 0.717) is 17.0 Å². The Kier molecular flexibility index (Phi) is 2.91. The van der Waals surface area contributed by atoms with Crippen LogP contribution >= 0.6 is 0 Å². The number of hydrogen-bond donors (Lipinski definition) is 0. The van der Waals surface area contributed by atoms with Crippen molar-refractivity contribution < 1.29 is 9.53 Å². The van der Waals surface area contributed by atoms with Crippen LogP contribution in [0.1, 0.15) is 16.1 Å². The van der Waals surface area contributed by atoms with Gasteiger partial charge in [0, 0.05) is 18.6 Å². The first-order valence-electron chi connectivity index (χ1n) is 4.76. The molecule has 4 nitrogen and oxygen atoms in total. The fourth-order valence-corrected chi connectivity index (χ4v) is 1.37. The van der Waals surface area contributed by atoms with Crippen molar-refractivity contribution in [2.75, 3.05) is 7.11 Å². The number of carbonyl (C=O) groups excluding carboxylic acids is 1. The van der Waals surface area contributed by atoms with Crippen LogP contribution in [0.3, 0.4) is 0 Å². The summed E-state index contributed by atoms with van der Waals surface area (Å²) >= 11 is 0.